The van der Waals surface area contributed by atoms with E-state index in [1.54, 1.807) is 13.2 Å². The molecule has 0 saturated carbocycles. The Bertz CT molecular complexity index is 344. The Morgan fingerprint density at radius 3 is 2.75 bits per heavy atom. The van der Waals surface area contributed by atoms with Gasteiger partial charge in [0, 0.05) is 19.7 Å². The van der Waals surface area contributed by atoms with E-state index in [2.05, 4.69) is 4.90 Å². The minimum absolute atomic E-state index is 0.266. The summed E-state index contributed by atoms with van der Waals surface area (Å²) in [6.07, 6.45) is 0. The first-order valence-electron chi connectivity index (χ1n) is 5.21. The average molecular weight is 227 g/mol. The van der Waals surface area contributed by atoms with E-state index in [1.807, 2.05) is 14.0 Å². The topological polar surface area (TPSA) is 32.7 Å². The van der Waals surface area contributed by atoms with Crippen LogP contribution in [0.15, 0.2) is 18.2 Å². The van der Waals surface area contributed by atoms with E-state index in [0.717, 1.165) is 5.56 Å². The summed E-state index contributed by atoms with van der Waals surface area (Å²) in [6, 6.07) is 4.71. The monoisotopic (exact) mass is 227 g/mol. The van der Waals surface area contributed by atoms with Gasteiger partial charge in [0.1, 0.15) is 0 Å². The molecule has 0 fully saturated rings. The van der Waals surface area contributed by atoms with Crippen molar-refractivity contribution < 1.29 is 14.2 Å². The molecule has 1 rings (SSSR count). The number of likely N-dealkylation sites (N-methyl/N-ethyl adjacent to an activating group) is 1. The Kier molecular flexibility index (Phi) is 4.71. The molecule has 0 bridgehead atoms. The van der Waals surface area contributed by atoms with E-state index >= 15 is 0 Å². The molecule has 0 heterocycles. The van der Waals surface area contributed by atoms with E-state index in [1.165, 1.54) is 12.1 Å². The first kappa shape index (κ1) is 12.9. The Labute approximate surface area is 95.5 Å². The number of ether oxygens (including phenoxy) is 1. The Hall–Kier alpha value is -1.13. The first-order chi connectivity index (χ1) is 7.54. The molecule has 1 N–H and O–H groups in total. The standard InChI is InChI=1S/C12H18FNO2/c1-9(8-16-3)14(2)7-10-4-5-12(15)11(13)6-10/h4-6,9,15H,7-8H2,1-3H3. The molecule has 3 nitrogen and oxygen atoms in total. The Morgan fingerprint density at radius 1 is 1.50 bits per heavy atom. The molecule has 0 saturated heterocycles. The van der Waals surface area contributed by atoms with E-state index in [4.69, 9.17) is 9.84 Å². The highest BCUT2D eigenvalue weighted by molar-refractivity contribution is 5.27. The summed E-state index contributed by atoms with van der Waals surface area (Å²) in [5.74, 6) is -0.887. The fourth-order valence-corrected chi connectivity index (χ4v) is 1.46. The number of rotatable bonds is 5. The fourth-order valence-electron chi connectivity index (χ4n) is 1.46. The van der Waals surface area contributed by atoms with Crippen molar-refractivity contribution in [2.24, 2.45) is 0 Å². The third-order valence-corrected chi connectivity index (χ3v) is 2.60. The molecule has 0 aliphatic heterocycles. The SMILES string of the molecule is COCC(C)N(C)Cc1ccc(O)c(F)c1. The van der Waals surface area contributed by atoms with Gasteiger partial charge in [0.2, 0.25) is 0 Å². The highest BCUT2D eigenvalue weighted by Gasteiger charge is 2.10. The number of hydrogen-bond acceptors (Lipinski definition) is 3. The second-order valence-corrected chi connectivity index (χ2v) is 4.01. The van der Waals surface area contributed by atoms with Gasteiger partial charge in [-0.1, -0.05) is 6.07 Å². The molecule has 1 atom stereocenters. The van der Waals surface area contributed by atoms with Crippen molar-refractivity contribution in [3.63, 3.8) is 0 Å². The molecule has 90 valence electrons. The van der Waals surface area contributed by atoms with Gasteiger partial charge in [-0.15, -0.1) is 0 Å². The van der Waals surface area contributed by atoms with Gasteiger partial charge in [-0.25, -0.2) is 4.39 Å². The lowest BCUT2D eigenvalue weighted by atomic mass is 10.2. The molecule has 0 radical (unpaired) electrons. The third kappa shape index (κ3) is 3.47. The molecule has 1 unspecified atom stereocenters. The van der Waals surface area contributed by atoms with Crippen LogP contribution in [-0.2, 0) is 11.3 Å². The minimum atomic E-state index is -0.578. The number of methoxy groups -OCH3 is 1. The van der Waals surface area contributed by atoms with E-state index in [0.29, 0.717) is 13.2 Å². The van der Waals surface area contributed by atoms with Crippen LogP contribution in [0, 0.1) is 5.82 Å². The van der Waals surface area contributed by atoms with Gasteiger partial charge >= 0.3 is 0 Å². The van der Waals surface area contributed by atoms with Crippen molar-refractivity contribution >= 4 is 0 Å². The summed E-state index contributed by atoms with van der Waals surface area (Å²) >= 11 is 0. The lowest BCUT2D eigenvalue weighted by Crippen LogP contribution is -2.32. The largest absolute Gasteiger partial charge is 0.505 e. The molecule has 0 amide bonds. The Morgan fingerprint density at radius 2 is 2.19 bits per heavy atom. The maximum Gasteiger partial charge on any atom is 0.165 e. The van der Waals surface area contributed by atoms with Crippen molar-refractivity contribution in [1.82, 2.24) is 4.90 Å². The maximum atomic E-state index is 13.1. The summed E-state index contributed by atoms with van der Waals surface area (Å²) in [6.45, 7) is 3.30. The number of phenols is 1. The fraction of sp³-hybridized carbons (Fsp3) is 0.500. The molecule has 0 aliphatic rings. The smallest absolute Gasteiger partial charge is 0.165 e. The quantitative estimate of drug-likeness (QED) is 0.835. The van der Waals surface area contributed by atoms with Gasteiger partial charge < -0.3 is 9.84 Å². The van der Waals surface area contributed by atoms with Crippen molar-refractivity contribution in [3.05, 3.63) is 29.6 Å². The molecule has 1 aromatic carbocycles. The highest BCUT2D eigenvalue weighted by atomic mass is 19.1. The van der Waals surface area contributed by atoms with E-state index in [9.17, 15) is 4.39 Å². The lowest BCUT2D eigenvalue weighted by Gasteiger charge is -2.24. The summed E-state index contributed by atoms with van der Waals surface area (Å²) in [5, 5.41) is 9.06. The van der Waals surface area contributed by atoms with Crippen molar-refractivity contribution in [2.75, 3.05) is 20.8 Å². The van der Waals surface area contributed by atoms with Crippen LogP contribution in [0.2, 0.25) is 0 Å². The van der Waals surface area contributed by atoms with Crippen LogP contribution < -0.4 is 0 Å². The van der Waals surface area contributed by atoms with Gasteiger partial charge in [0.15, 0.2) is 11.6 Å². The van der Waals surface area contributed by atoms with Crippen molar-refractivity contribution in [2.45, 2.75) is 19.5 Å². The number of halogens is 1. The molecular weight excluding hydrogens is 209 g/mol. The second-order valence-electron chi connectivity index (χ2n) is 4.01. The van der Waals surface area contributed by atoms with Gasteiger partial charge in [-0.05, 0) is 31.7 Å². The van der Waals surface area contributed by atoms with E-state index < -0.39 is 5.82 Å². The normalized spacial score (nSPS) is 13.1. The molecule has 0 aliphatic carbocycles. The van der Waals surface area contributed by atoms with Crippen molar-refractivity contribution in [1.29, 1.82) is 0 Å². The van der Waals surface area contributed by atoms with Crippen LogP contribution in [0.1, 0.15) is 12.5 Å². The second kappa shape index (κ2) is 5.82. The summed E-state index contributed by atoms with van der Waals surface area (Å²) in [7, 11) is 3.61. The minimum Gasteiger partial charge on any atom is -0.505 e. The lowest BCUT2D eigenvalue weighted by molar-refractivity contribution is 0.112. The van der Waals surface area contributed by atoms with Gasteiger partial charge in [-0.3, -0.25) is 4.90 Å². The molecule has 16 heavy (non-hydrogen) atoms. The van der Waals surface area contributed by atoms with Crippen LogP contribution in [0.5, 0.6) is 5.75 Å². The summed E-state index contributed by atoms with van der Waals surface area (Å²) in [4.78, 5) is 2.06. The molecule has 1 aromatic rings. The number of phenolic OH excluding ortho intramolecular Hbond substituents is 1. The maximum absolute atomic E-state index is 13.1. The number of hydrogen-bond donors (Lipinski definition) is 1. The van der Waals surface area contributed by atoms with Gasteiger partial charge in [0.05, 0.1) is 6.61 Å². The molecular formula is C12H18FNO2. The van der Waals surface area contributed by atoms with Crippen LogP contribution in [-0.4, -0.2) is 36.8 Å². The van der Waals surface area contributed by atoms with E-state index in [-0.39, 0.29) is 11.8 Å². The van der Waals surface area contributed by atoms with Gasteiger partial charge in [0.25, 0.3) is 0 Å². The van der Waals surface area contributed by atoms with Crippen molar-refractivity contribution in [3.8, 4) is 5.75 Å². The van der Waals surface area contributed by atoms with Gasteiger partial charge in [-0.2, -0.15) is 0 Å². The Balaban J connectivity index is 2.62. The van der Waals surface area contributed by atoms with Crippen LogP contribution in [0.4, 0.5) is 4.39 Å². The zero-order valence-corrected chi connectivity index (χ0v) is 9.90. The molecule has 0 spiro atoms. The van der Waals surface area contributed by atoms with Crippen LogP contribution >= 0.6 is 0 Å². The zero-order valence-electron chi connectivity index (χ0n) is 9.90. The number of nitrogens with zero attached hydrogens (tertiary/aromatic N) is 1. The number of benzene rings is 1. The molecule has 0 aromatic heterocycles. The summed E-state index contributed by atoms with van der Waals surface area (Å²) in [5.41, 5.74) is 0.834. The summed E-state index contributed by atoms with van der Waals surface area (Å²) < 4.78 is 18.1. The average Bonchev–Trinajstić information content (AvgIpc) is 2.24. The van der Waals surface area contributed by atoms with Crippen LogP contribution in [0.3, 0.4) is 0 Å². The first-order valence-corrected chi connectivity index (χ1v) is 5.21. The van der Waals surface area contributed by atoms with Crippen LogP contribution in [0.25, 0.3) is 0 Å². The highest BCUT2D eigenvalue weighted by Crippen LogP contribution is 2.17. The predicted molar refractivity (Wildman–Crippen MR) is 60.9 cm³/mol. The zero-order chi connectivity index (χ0) is 12.1. The molecule has 4 heteroatoms. The predicted octanol–water partition coefficient (Wildman–Crippen LogP) is 2.00. The third-order valence-electron chi connectivity index (χ3n) is 2.60. The number of aromatic hydroxyl groups is 1.